The maximum Gasteiger partial charge on any atom is 0.326 e. The molecule has 0 aliphatic heterocycles. The van der Waals surface area contributed by atoms with E-state index in [2.05, 4.69) is 16.0 Å². The number of thioether (sulfide) groups is 1. The van der Waals surface area contributed by atoms with Crippen LogP contribution in [0.3, 0.4) is 0 Å². The Morgan fingerprint density at radius 2 is 1.61 bits per heavy atom. The number of hydrogen-bond donors (Lipinski definition) is 9. The van der Waals surface area contributed by atoms with Crippen LogP contribution in [-0.2, 0) is 30.4 Å². The highest BCUT2D eigenvalue weighted by atomic mass is 35.5. The molecule has 0 fully saturated rings. The Balaban J connectivity index is 2.28. The number of amides is 2. The van der Waals surface area contributed by atoms with Gasteiger partial charge >= 0.3 is 17.9 Å². The number of carboxylic acid groups (broad SMARTS) is 3. The summed E-state index contributed by atoms with van der Waals surface area (Å²) in [7, 11) is 0. The van der Waals surface area contributed by atoms with Crippen molar-refractivity contribution in [1.29, 1.82) is 0 Å². The molecule has 16 heteroatoms. The molecule has 0 saturated carbocycles. The third-order valence-corrected chi connectivity index (χ3v) is 7.78. The van der Waals surface area contributed by atoms with E-state index in [1.165, 1.54) is 12.1 Å². The number of halogens is 1. The highest BCUT2D eigenvalue weighted by Gasteiger charge is 2.28. The molecular weight excluding hydrogens is 618 g/mol. The fourth-order valence-electron chi connectivity index (χ4n) is 3.93. The van der Waals surface area contributed by atoms with Crippen LogP contribution in [0, 0.1) is 0 Å². The van der Waals surface area contributed by atoms with E-state index in [4.69, 9.17) is 28.2 Å². The lowest BCUT2D eigenvalue weighted by Crippen LogP contribution is -2.52. The van der Waals surface area contributed by atoms with Crippen molar-refractivity contribution < 1.29 is 44.4 Å². The second-order valence-corrected chi connectivity index (χ2v) is 11.2. The third kappa shape index (κ3) is 11.6. The summed E-state index contributed by atoms with van der Waals surface area (Å²) in [4.78, 5) is 60.1. The number of benzene rings is 2. The quantitative estimate of drug-likeness (QED) is 0.0597. The third-order valence-electron chi connectivity index (χ3n) is 6.33. The van der Waals surface area contributed by atoms with Gasteiger partial charge in [0, 0.05) is 17.9 Å². The molecular formula is C28H36ClN5O9S. The molecule has 44 heavy (non-hydrogen) atoms. The molecule has 11 N–H and O–H groups in total. The number of carbonyl (C=O) groups excluding carboxylic acids is 2. The van der Waals surface area contributed by atoms with Crippen LogP contribution in [0.4, 0.5) is 11.4 Å². The number of rotatable bonds is 19. The summed E-state index contributed by atoms with van der Waals surface area (Å²) in [6, 6.07) is 5.70. The van der Waals surface area contributed by atoms with Crippen molar-refractivity contribution in [2.45, 2.75) is 61.5 Å². The lowest BCUT2D eigenvalue weighted by molar-refractivity contribution is -0.142. The van der Waals surface area contributed by atoms with E-state index in [1.807, 2.05) is 0 Å². The molecule has 2 aromatic rings. The number of carbonyl (C=O) groups is 5. The molecule has 0 bridgehead atoms. The van der Waals surface area contributed by atoms with Crippen molar-refractivity contribution in [1.82, 2.24) is 10.6 Å². The van der Waals surface area contributed by atoms with Crippen molar-refractivity contribution >= 4 is 64.5 Å². The topological polar surface area (TPSA) is 254 Å². The van der Waals surface area contributed by atoms with Gasteiger partial charge in [-0.15, -0.1) is 11.8 Å². The molecule has 3 unspecified atom stereocenters. The van der Waals surface area contributed by atoms with Gasteiger partial charge in [-0.1, -0.05) is 29.8 Å². The largest absolute Gasteiger partial charge is 0.505 e. The van der Waals surface area contributed by atoms with Crippen LogP contribution in [0.5, 0.6) is 5.75 Å². The molecule has 2 rings (SSSR count). The van der Waals surface area contributed by atoms with Gasteiger partial charge in [0.15, 0.2) is 5.75 Å². The molecule has 0 aromatic heterocycles. The van der Waals surface area contributed by atoms with Gasteiger partial charge in [0.1, 0.15) is 23.8 Å². The Morgan fingerprint density at radius 1 is 0.909 bits per heavy atom. The second-order valence-electron chi connectivity index (χ2n) is 9.72. The average molecular weight is 654 g/mol. The average Bonchev–Trinajstić information content (AvgIpc) is 2.96. The number of aromatic hydroxyl groups is 1. The van der Waals surface area contributed by atoms with Gasteiger partial charge in [-0.3, -0.25) is 19.2 Å². The summed E-state index contributed by atoms with van der Waals surface area (Å²) < 4.78 is 0. The minimum Gasteiger partial charge on any atom is -0.505 e. The molecule has 2 aromatic carbocycles. The number of carboxylic acids is 3. The number of nitrogens with one attached hydrogen (secondary N) is 3. The van der Waals surface area contributed by atoms with Gasteiger partial charge in [-0.2, -0.15) is 0 Å². The standard InChI is InChI=1S/C28H36ClN5O9S/c29-16-8-10-21(25(38)24(16)33-18-6-2-1-5-15(18)13-23(36)37)44-14-20(32-22(35)11-9-17(31)27(40)41)26(39)34-19(28(42)43)7-3-4-12-30/h1-2,5-6,8,10,17,19-20,33,38H,3-4,7,9,11-14,30-31H2,(H,32,35)(H,34,39)(H,36,37)(H,40,41)(H,42,43). The van der Waals surface area contributed by atoms with Crippen LogP contribution >= 0.6 is 23.4 Å². The van der Waals surface area contributed by atoms with Crippen LogP contribution in [0.1, 0.15) is 37.7 Å². The number of hydrogen-bond acceptors (Lipinski definition) is 10. The summed E-state index contributed by atoms with van der Waals surface area (Å²) in [5.41, 5.74) is 11.9. The first kappa shape index (κ1) is 36.1. The van der Waals surface area contributed by atoms with Crippen LogP contribution in [-0.4, -0.2) is 80.6 Å². The molecule has 0 spiro atoms. The fourth-order valence-corrected chi connectivity index (χ4v) is 5.12. The van der Waals surface area contributed by atoms with E-state index in [0.717, 1.165) is 11.8 Å². The van der Waals surface area contributed by atoms with Gasteiger partial charge in [0.05, 0.1) is 16.3 Å². The Labute approximate surface area is 262 Å². The van der Waals surface area contributed by atoms with Gasteiger partial charge < -0.3 is 47.8 Å². The van der Waals surface area contributed by atoms with E-state index >= 15 is 0 Å². The summed E-state index contributed by atoms with van der Waals surface area (Å²) >= 11 is 7.29. The number of phenolic OH excluding ortho intramolecular Hbond substituents is 1. The molecule has 3 atom stereocenters. The molecule has 0 radical (unpaired) electrons. The highest BCUT2D eigenvalue weighted by molar-refractivity contribution is 7.99. The maximum absolute atomic E-state index is 13.2. The Morgan fingerprint density at radius 3 is 2.25 bits per heavy atom. The number of nitrogens with two attached hydrogens (primary N) is 2. The normalized spacial score (nSPS) is 12.9. The zero-order chi connectivity index (χ0) is 32.8. The molecule has 0 heterocycles. The summed E-state index contributed by atoms with van der Waals surface area (Å²) in [6.07, 6.45) is 0.305. The number of phenols is 1. The van der Waals surface area contributed by atoms with Crippen molar-refractivity contribution in [3.05, 3.63) is 47.0 Å². The zero-order valence-corrected chi connectivity index (χ0v) is 25.2. The van der Waals surface area contributed by atoms with E-state index in [1.54, 1.807) is 24.3 Å². The first-order valence-electron chi connectivity index (χ1n) is 13.6. The van der Waals surface area contributed by atoms with E-state index in [9.17, 15) is 39.3 Å². The smallest absolute Gasteiger partial charge is 0.326 e. The minimum atomic E-state index is -1.29. The van der Waals surface area contributed by atoms with Gasteiger partial charge in [0.2, 0.25) is 11.8 Å². The molecule has 2 amide bonds. The van der Waals surface area contributed by atoms with Crippen LogP contribution in [0.25, 0.3) is 0 Å². The number of unbranched alkanes of at least 4 members (excludes halogenated alkanes) is 1. The molecule has 0 saturated heterocycles. The van der Waals surface area contributed by atoms with Crippen molar-refractivity contribution in [3.63, 3.8) is 0 Å². The van der Waals surface area contributed by atoms with Gasteiger partial charge in [-0.05, 0) is 56.0 Å². The van der Waals surface area contributed by atoms with Crippen LogP contribution in [0.2, 0.25) is 5.02 Å². The number of para-hydroxylation sites is 1. The predicted molar refractivity (Wildman–Crippen MR) is 164 cm³/mol. The van der Waals surface area contributed by atoms with E-state index in [-0.39, 0.29) is 52.8 Å². The molecule has 240 valence electrons. The van der Waals surface area contributed by atoms with Crippen molar-refractivity contribution in [2.24, 2.45) is 11.5 Å². The first-order chi connectivity index (χ1) is 20.8. The number of aliphatic carboxylic acids is 3. The lowest BCUT2D eigenvalue weighted by Gasteiger charge is -2.22. The van der Waals surface area contributed by atoms with Crippen LogP contribution in [0.15, 0.2) is 41.3 Å². The molecule has 0 aliphatic rings. The van der Waals surface area contributed by atoms with Gasteiger partial charge in [0.25, 0.3) is 0 Å². The Kier molecular flexibility index (Phi) is 14.7. The lowest BCUT2D eigenvalue weighted by atomic mass is 10.1. The Hall–Kier alpha value is -4.05. The zero-order valence-electron chi connectivity index (χ0n) is 23.6. The van der Waals surface area contributed by atoms with E-state index in [0.29, 0.717) is 30.6 Å². The predicted octanol–water partition coefficient (Wildman–Crippen LogP) is 1.88. The fraction of sp³-hybridized carbons (Fsp3) is 0.393. The second kappa shape index (κ2) is 17.9. The minimum absolute atomic E-state index is 0.0769. The van der Waals surface area contributed by atoms with E-state index < -0.39 is 47.8 Å². The SMILES string of the molecule is NCCCCC(NC(=O)C(CSc1ccc(Cl)c(Nc2ccccc2CC(=O)O)c1O)NC(=O)CCC(N)C(=O)O)C(=O)O. The van der Waals surface area contributed by atoms with Crippen LogP contribution < -0.4 is 27.4 Å². The summed E-state index contributed by atoms with van der Waals surface area (Å²) in [5.74, 6) is -5.58. The van der Waals surface area contributed by atoms with Gasteiger partial charge in [-0.25, -0.2) is 4.79 Å². The molecule has 14 nitrogen and oxygen atoms in total. The Bertz CT molecular complexity index is 1350. The highest BCUT2D eigenvalue weighted by Crippen LogP contribution is 2.42. The van der Waals surface area contributed by atoms with Crippen molar-refractivity contribution in [2.75, 3.05) is 17.6 Å². The summed E-state index contributed by atoms with van der Waals surface area (Å²) in [5, 5.41) is 46.8. The van der Waals surface area contributed by atoms with Crippen molar-refractivity contribution in [3.8, 4) is 5.75 Å². The monoisotopic (exact) mass is 653 g/mol. The molecule has 0 aliphatic carbocycles. The number of anilines is 2. The summed E-state index contributed by atoms with van der Waals surface area (Å²) in [6.45, 7) is 0.348. The maximum atomic E-state index is 13.2. The first-order valence-corrected chi connectivity index (χ1v) is 14.9.